The first-order valence-corrected chi connectivity index (χ1v) is 5.46. The quantitative estimate of drug-likeness (QED) is 0.541. The van der Waals surface area contributed by atoms with Crippen molar-refractivity contribution in [1.29, 1.82) is 0 Å². The Labute approximate surface area is 77.1 Å². The third-order valence-corrected chi connectivity index (χ3v) is 3.05. The van der Waals surface area contributed by atoms with Crippen molar-refractivity contribution < 1.29 is 0 Å². The predicted octanol–water partition coefficient (Wildman–Crippen LogP) is 4.02. The molecule has 0 aliphatic heterocycles. The van der Waals surface area contributed by atoms with Gasteiger partial charge < -0.3 is 0 Å². The fraction of sp³-hybridized carbons (Fsp3) is 0.833. The van der Waals surface area contributed by atoms with Gasteiger partial charge in [0.05, 0.1) is 0 Å². The van der Waals surface area contributed by atoms with E-state index in [4.69, 9.17) is 0 Å². The smallest absolute Gasteiger partial charge is 0.0231 e. The lowest BCUT2D eigenvalue weighted by Gasteiger charge is -2.18. The molecule has 0 heteroatoms. The third-order valence-electron chi connectivity index (χ3n) is 3.05. The van der Waals surface area contributed by atoms with Crippen molar-refractivity contribution in [1.82, 2.24) is 0 Å². The van der Waals surface area contributed by atoms with Crippen molar-refractivity contribution in [2.45, 2.75) is 46.5 Å². The Morgan fingerprint density at radius 2 is 2.00 bits per heavy atom. The van der Waals surface area contributed by atoms with Gasteiger partial charge in [-0.25, -0.2) is 0 Å². The highest BCUT2D eigenvalue weighted by Crippen LogP contribution is 2.42. The van der Waals surface area contributed by atoms with Crippen molar-refractivity contribution in [3.63, 3.8) is 0 Å². The van der Waals surface area contributed by atoms with Crippen LogP contribution in [0.25, 0.3) is 0 Å². The highest BCUT2D eigenvalue weighted by Gasteiger charge is 2.32. The van der Waals surface area contributed by atoms with Crippen molar-refractivity contribution in [3.05, 3.63) is 12.2 Å². The Hall–Kier alpha value is -0.260. The average Bonchev–Trinajstić information content (AvgIpc) is 2.86. The Balaban J connectivity index is 2.35. The summed E-state index contributed by atoms with van der Waals surface area (Å²) in [5.41, 5.74) is 0. The molecule has 2 unspecified atom stereocenters. The molecule has 12 heavy (non-hydrogen) atoms. The van der Waals surface area contributed by atoms with Gasteiger partial charge in [-0.1, -0.05) is 39.3 Å². The molecule has 1 aliphatic rings. The second-order valence-electron chi connectivity index (χ2n) is 4.11. The molecule has 1 saturated carbocycles. The number of allylic oxidation sites excluding steroid dienone is 2. The maximum Gasteiger partial charge on any atom is -0.0231 e. The summed E-state index contributed by atoms with van der Waals surface area (Å²) >= 11 is 0. The molecule has 0 N–H and O–H groups in total. The van der Waals surface area contributed by atoms with Crippen LogP contribution in [0.3, 0.4) is 0 Å². The first-order chi connectivity index (χ1) is 5.79. The standard InChI is InChI=1S/C12H22/c1-4-6-7-10(3)12(5-2)11-8-9-11/h6-7,10-12H,4-5,8-9H2,1-3H3. The van der Waals surface area contributed by atoms with Gasteiger partial charge >= 0.3 is 0 Å². The first-order valence-electron chi connectivity index (χ1n) is 5.46. The van der Waals surface area contributed by atoms with Crippen LogP contribution in [0.4, 0.5) is 0 Å². The van der Waals surface area contributed by atoms with Gasteiger partial charge in [-0.05, 0) is 37.0 Å². The van der Waals surface area contributed by atoms with E-state index in [1.54, 1.807) is 0 Å². The van der Waals surface area contributed by atoms with Gasteiger partial charge in [0.15, 0.2) is 0 Å². The predicted molar refractivity (Wildman–Crippen MR) is 55.1 cm³/mol. The first kappa shape index (κ1) is 9.83. The summed E-state index contributed by atoms with van der Waals surface area (Å²) < 4.78 is 0. The maximum absolute atomic E-state index is 2.41. The van der Waals surface area contributed by atoms with Crippen LogP contribution in [0.1, 0.15) is 46.5 Å². The van der Waals surface area contributed by atoms with E-state index < -0.39 is 0 Å². The molecule has 0 nitrogen and oxygen atoms in total. The molecule has 0 amide bonds. The lowest BCUT2D eigenvalue weighted by molar-refractivity contribution is 0.358. The van der Waals surface area contributed by atoms with Gasteiger partial charge in [0.1, 0.15) is 0 Å². The van der Waals surface area contributed by atoms with E-state index in [1.807, 2.05) is 0 Å². The summed E-state index contributed by atoms with van der Waals surface area (Å²) in [6, 6.07) is 0. The number of rotatable bonds is 5. The van der Waals surface area contributed by atoms with Crippen LogP contribution >= 0.6 is 0 Å². The van der Waals surface area contributed by atoms with Gasteiger partial charge in [0.2, 0.25) is 0 Å². The van der Waals surface area contributed by atoms with E-state index in [-0.39, 0.29) is 0 Å². The van der Waals surface area contributed by atoms with Crippen LogP contribution in [0.2, 0.25) is 0 Å². The Bertz CT molecular complexity index is 142. The molecule has 0 radical (unpaired) electrons. The monoisotopic (exact) mass is 166 g/mol. The molecule has 0 aromatic carbocycles. The van der Waals surface area contributed by atoms with Crippen molar-refractivity contribution in [3.8, 4) is 0 Å². The molecule has 0 heterocycles. The second kappa shape index (κ2) is 4.69. The molecule has 0 aromatic heterocycles. The van der Waals surface area contributed by atoms with Crippen molar-refractivity contribution in [2.75, 3.05) is 0 Å². The molecule has 0 spiro atoms. The fourth-order valence-electron chi connectivity index (χ4n) is 2.15. The fourth-order valence-corrected chi connectivity index (χ4v) is 2.15. The summed E-state index contributed by atoms with van der Waals surface area (Å²) in [4.78, 5) is 0. The van der Waals surface area contributed by atoms with Gasteiger partial charge in [-0.2, -0.15) is 0 Å². The zero-order valence-electron chi connectivity index (χ0n) is 8.72. The molecule has 1 rings (SSSR count). The highest BCUT2D eigenvalue weighted by molar-refractivity contribution is 4.93. The molecule has 0 bridgehead atoms. The SMILES string of the molecule is CCC=CC(C)C(CC)C1CC1. The Kier molecular flexibility index (Phi) is 3.84. The van der Waals surface area contributed by atoms with E-state index in [9.17, 15) is 0 Å². The number of hydrogen-bond donors (Lipinski definition) is 0. The van der Waals surface area contributed by atoms with E-state index >= 15 is 0 Å². The largest absolute Gasteiger partial charge is 0.0885 e. The molecule has 70 valence electrons. The summed E-state index contributed by atoms with van der Waals surface area (Å²) in [5.74, 6) is 2.83. The molecule has 1 fully saturated rings. The summed E-state index contributed by atoms with van der Waals surface area (Å²) in [6.45, 7) is 6.92. The third kappa shape index (κ3) is 2.66. The van der Waals surface area contributed by atoms with Crippen LogP contribution in [0.15, 0.2) is 12.2 Å². The minimum atomic E-state index is 0.808. The lowest BCUT2D eigenvalue weighted by Crippen LogP contribution is -2.10. The van der Waals surface area contributed by atoms with E-state index in [1.165, 1.54) is 25.7 Å². The van der Waals surface area contributed by atoms with Crippen molar-refractivity contribution in [2.24, 2.45) is 17.8 Å². The van der Waals surface area contributed by atoms with Gasteiger partial charge in [0, 0.05) is 0 Å². The van der Waals surface area contributed by atoms with Gasteiger partial charge in [-0.15, -0.1) is 0 Å². The van der Waals surface area contributed by atoms with Crippen LogP contribution in [-0.2, 0) is 0 Å². The van der Waals surface area contributed by atoms with Crippen LogP contribution in [0, 0.1) is 17.8 Å². The highest BCUT2D eigenvalue weighted by atomic mass is 14.4. The average molecular weight is 166 g/mol. The van der Waals surface area contributed by atoms with E-state index in [2.05, 4.69) is 32.9 Å². The maximum atomic E-state index is 2.41. The van der Waals surface area contributed by atoms with Gasteiger partial charge in [0.25, 0.3) is 0 Å². The van der Waals surface area contributed by atoms with Crippen molar-refractivity contribution >= 4 is 0 Å². The van der Waals surface area contributed by atoms with Gasteiger partial charge in [-0.3, -0.25) is 0 Å². The normalized spacial score (nSPS) is 22.9. The summed E-state index contributed by atoms with van der Waals surface area (Å²) in [7, 11) is 0. The van der Waals surface area contributed by atoms with E-state index in [0.29, 0.717) is 0 Å². The zero-order chi connectivity index (χ0) is 8.97. The molecule has 0 aromatic rings. The molecule has 1 aliphatic carbocycles. The Morgan fingerprint density at radius 1 is 1.33 bits per heavy atom. The molecular formula is C12H22. The molecular weight excluding hydrogens is 144 g/mol. The topological polar surface area (TPSA) is 0 Å². The molecule has 2 atom stereocenters. The minimum Gasteiger partial charge on any atom is -0.0885 e. The lowest BCUT2D eigenvalue weighted by atomic mass is 9.87. The summed E-state index contributed by atoms with van der Waals surface area (Å²) in [5, 5.41) is 0. The van der Waals surface area contributed by atoms with Crippen LogP contribution in [-0.4, -0.2) is 0 Å². The van der Waals surface area contributed by atoms with E-state index in [0.717, 1.165) is 17.8 Å². The summed E-state index contributed by atoms with van der Waals surface area (Å²) in [6.07, 6.45) is 10.2. The minimum absolute atomic E-state index is 0.808. The van der Waals surface area contributed by atoms with Crippen LogP contribution in [0.5, 0.6) is 0 Å². The number of hydrogen-bond acceptors (Lipinski definition) is 0. The second-order valence-corrected chi connectivity index (χ2v) is 4.11. The van der Waals surface area contributed by atoms with Crippen LogP contribution < -0.4 is 0 Å². The zero-order valence-corrected chi connectivity index (χ0v) is 8.72. The Morgan fingerprint density at radius 3 is 2.42 bits per heavy atom. The molecule has 0 saturated heterocycles.